The van der Waals surface area contributed by atoms with Gasteiger partial charge >= 0.3 is 5.97 Å². The first kappa shape index (κ1) is 12.1. The number of thioether (sulfide) groups is 1. The second-order valence-corrected chi connectivity index (χ2v) is 3.75. The van der Waals surface area contributed by atoms with Crippen LogP contribution >= 0.6 is 35.0 Å². The highest BCUT2D eigenvalue weighted by Crippen LogP contribution is 2.12. The molecule has 0 saturated carbocycles. The van der Waals surface area contributed by atoms with Crippen LogP contribution in [-0.2, 0) is 4.79 Å². The Morgan fingerprint density at radius 2 is 2.33 bits per heavy atom. The van der Waals surface area contributed by atoms with Crippen molar-refractivity contribution in [2.24, 2.45) is 5.73 Å². The summed E-state index contributed by atoms with van der Waals surface area (Å²) in [5.74, 6) is -0.184. The van der Waals surface area contributed by atoms with Gasteiger partial charge in [-0.25, -0.2) is 0 Å². The van der Waals surface area contributed by atoms with E-state index in [9.17, 15) is 4.79 Å². The van der Waals surface area contributed by atoms with E-state index in [0.29, 0.717) is 16.5 Å². The number of carboxylic acids is 1. The summed E-state index contributed by atoms with van der Waals surface area (Å²) in [6.07, 6.45) is 0. The highest BCUT2D eigenvalue weighted by atomic mass is 35.5. The molecule has 0 unspecified atom stereocenters. The Morgan fingerprint density at radius 3 is 2.75 bits per heavy atom. The first-order valence-electron chi connectivity index (χ1n) is 3.08. The van der Waals surface area contributed by atoms with Crippen molar-refractivity contribution in [2.75, 3.05) is 11.5 Å². The second-order valence-electron chi connectivity index (χ2n) is 2.02. The number of nitrogens with two attached hydrogens (primary N) is 1. The lowest BCUT2D eigenvalue weighted by Crippen LogP contribution is -2.32. The summed E-state index contributed by atoms with van der Waals surface area (Å²) in [7, 11) is 0. The molecule has 0 radical (unpaired) electrons. The Hall–Kier alpha value is 0.1000. The van der Waals surface area contributed by atoms with Gasteiger partial charge in [-0.2, -0.15) is 11.8 Å². The lowest BCUT2D eigenvalue weighted by atomic mass is 10.4. The van der Waals surface area contributed by atoms with E-state index in [1.807, 2.05) is 0 Å². The zero-order chi connectivity index (χ0) is 9.56. The fourth-order valence-electron chi connectivity index (χ4n) is 0.386. The first-order valence-corrected chi connectivity index (χ1v) is 5.05. The van der Waals surface area contributed by atoms with Crippen molar-refractivity contribution in [2.45, 2.75) is 6.04 Å². The van der Waals surface area contributed by atoms with Gasteiger partial charge in [-0.3, -0.25) is 4.79 Å². The molecule has 3 nitrogen and oxygen atoms in total. The third-order valence-corrected chi connectivity index (χ3v) is 2.86. The van der Waals surface area contributed by atoms with E-state index in [4.69, 9.17) is 34.0 Å². The maximum absolute atomic E-state index is 10.2. The van der Waals surface area contributed by atoms with E-state index >= 15 is 0 Å². The van der Waals surface area contributed by atoms with Gasteiger partial charge in [0.05, 0.1) is 0 Å². The number of rotatable bonds is 5. The molecular weight excluding hydrogens is 221 g/mol. The topological polar surface area (TPSA) is 63.3 Å². The highest BCUT2D eigenvalue weighted by molar-refractivity contribution is 7.99. The molecule has 6 heteroatoms. The largest absolute Gasteiger partial charge is 0.480 e. The third-order valence-electron chi connectivity index (χ3n) is 0.973. The summed E-state index contributed by atoms with van der Waals surface area (Å²) in [5.41, 5.74) is 6.48. The molecule has 0 aliphatic heterocycles. The van der Waals surface area contributed by atoms with Gasteiger partial charge in [-0.15, -0.1) is 0 Å². The summed E-state index contributed by atoms with van der Waals surface area (Å²) < 4.78 is 0. The van der Waals surface area contributed by atoms with Crippen LogP contribution in [0.5, 0.6) is 0 Å². The molecule has 1 atom stereocenters. The Kier molecular flexibility index (Phi) is 6.65. The van der Waals surface area contributed by atoms with E-state index in [-0.39, 0.29) is 0 Å². The van der Waals surface area contributed by atoms with E-state index in [1.54, 1.807) is 0 Å². The normalized spacial score (nSPS) is 14.4. The number of hydrogen-bond acceptors (Lipinski definition) is 3. The van der Waals surface area contributed by atoms with Gasteiger partial charge in [0.1, 0.15) is 6.04 Å². The maximum atomic E-state index is 10.2. The van der Waals surface area contributed by atoms with Crippen molar-refractivity contribution >= 4 is 40.9 Å². The van der Waals surface area contributed by atoms with Crippen LogP contribution in [-0.4, -0.2) is 28.6 Å². The van der Waals surface area contributed by atoms with E-state index in [0.717, 1.165) is 0 Å². The van der Waals surface area contributed by atoms with Gasteiger partial charge < -0.3 is 10.8 Å². The van der Waals surface area contributed by atoms with Crippen molar-refractivity contribution in [1.82, 2.24) is 0 Å². The van der Waals surface area contributed by atoms with Gasteiger partial charge in [0, 0.05) is 22.1 Å². The van der Waals surface area contributed by atoms with Crippen LogP contribution in [0.25, 0.3) is 0 Å². The lowest BCUT2D eigenvalue weighted by molar-refractivity contribution is -0.137. The number of aliphatic carboxylic acids is 1. The predicted molar refractivity (Wildman–Crippen MR) is 52.7 cm³/mol. The van der Waals surface area contributed by atoms with Crippen LogP contribution in [0.1, 0.15) is 0 Å². The van der Waals surface area contributed by atoms with Crippen molar-refractivity contribution in [1.29, 1.82) is 0 Å². The molecule has 0 aliphatic carbocycles. The van der Waals surface area contributed by atoms with Crippen LogP contribution < -0.4 is 5.73 Å². The van der Waals surface area contributed by atoms with Crippen LogP contribution in [0, 0.1) is 0 Å². The number of hydrogen-bond donors (Lipinski definition) is 2. The third kappa shape index (κ3) is 5.71. The molecule has 0 aromatic heterocycles. The SMILES string of the molecule is N[C@@H](CSCC(Cl)=CCl)C(=O)O. The van der Waals surface area contributed by atoms with Crippen molar-refractivity contribution in [3.8, 4) is 0 Å². The second kappa shape index (κ2) is 6.60. The van der Waals surface area contributed by atoms with Crippen LogP contribution in [0.4, 0.5) is 0 Å². The predicted octanol–water partition coefficient (Wildman–Crippen LogP) is 1.45. The molecule has 0 bridgehead atoms. The minimum atomic E-state index is -1.01. The minimum absolute atomic E-state index is 0.330. The quantitative estimate of drug-likeness (QED) is 0.750. The maximum Gasteiger partial charge on any atom is 0.321 e. The highest BCUT2D eigenvalue weighted by Gasteiger charge is 2.10. The monoisotopic (exact) mass is 229 g/mol. The first-order chi connectivity index (χ1) is 5.57. The molecule has 0 rings (SSSR count). The van der Waals surface area contributed by atoms with Crippen molar-refractivity contribution in [3.63, 3.8) is 0 Å². The molecule has 0 aliphatic rings. The lowest BCUT2D eigenvalue weighted by Gasteiger charge is -2.04. The van der Waals surface area contributed by atoms with Gasteiger partial charge in [0.25, 0.3) is 0 Å². The zero-order valence-corrected chi connectivity index (χ0v) is 8.49. The van der Waals surface area contributed by atoms with Gasteiger partial charge in [-0.1, -0.05) is 23.2 Å². The smallest absolute Gasteiger partial charge is 0.321 e. The number of halogens is 2. The minimum Gasteiger partial charge on any atom is -0.480 e. The summed E-state index contributed by atoms with van der Waals surface area (Å²) in [5, 5.41) is 8.88. The van der Waals surface area contributed by atoms with Gasteiger partial charge in [0.15, 0.2) is 0 Å². The number of carboxylic acid groups (broad SMARTS) is 1. The van der Waals surface area contributed by atoms with Crippen LogP contribution in [0.15, 0.2) is 10.6 Å². The molecule has 0 aromatic rings. The molecule has 12 heavy (non-hydrogen) atoms. The van der Waals surface area contributed by atoms with Gasteiger partial charge in [0.2, 0.25) is 0 Å². The van der Waals surface area contributed by atoms with Gasteiger partial charge in [-0.05, 0) is 0 Å². The summed E-state index contributed by atoms with van der Waals surface area (Å²) >= 11 is 12.2. The Bertz CT molecular complexity index is 186. The molecule has 0 fully saturated rings. The van der Waals surface area contributed by atoms with Crippen molar-refractivity contribution < 1.29 is 9.90 Å². The average Bonchev–Trinajstić information content (AvgIpc) is 2.03. The Labute approximate surface area is 84.9 Å². The Morgan fingerprint density at radius 1 is 1.75 bits per heavy atom. The molecule has 0 heterocycles. The Balaban J connectivity index is 3.50. The molecule has 3 N–H and O–H groups in total. The number of carbonyl (C=O) groups is 1. The molecule has 0 saturated heterocycles. The standard InChI is InChI=1S/C6H9Cl2NO2S/c7-1-4(8)2-12-3-5(9)6(10)11/h1,5H,2-3,9H2,(H,10,11)/t5-/m0/s1. The molecule has 70 valence electrons. The van der Waals surface area contributed by atoms with Crippen LogP contribution in [0.3, 0.4) is 0 Å². The molecule has 0 aromatic carbocycles. The summed E-state index contributed by atoms with van der Waals surface area (Å²) in [6, 6.07) is -0.838. The van der Waals surface area contributed by atoms with Crippen LogP contribution in [0.2, 0.25) is 0 Å². The van der Waals surface area contributed by atoms with Crippen molar-refractivity contribution in [3.05, 3.63) is 10.6 Å². The van der Waals surface area contributed by atoms with E-state index in [1.165, 1.54) is 17.3 Å². The average molecular weight is 230 g/mol. The molecule has 0 amide bonds. The fraction of sp³-hybridized carbons (Fsp3) is 0.500. The summed E-state index contributed by atoms with van der Waals surface area (Å²) in [6.45, 7) is 0. The fourth-order valence-corrected chi connectivity index (χ4v) is 1.58. The molecule has 0 spiro atoms. The van der Waals surface area contributed by atoms with E-state index in [2.05, 4.69) is 0 Å². The zero-order valence-electron chi connectivity index (χ0n) is 6.17. The van der Waals surface area contributed by atoms with E-state index < -0.39 is 12.0 Å². The molecular formula is C6H9Cl2NO2S. The summed E-state index contributed by atoms with van der Waals surface area (Å²) in [4.78, 5) is 10.2.